The van der Waals surface area contributed by atoms with Crippen molar-refractivity contribution in [3.63, 3.8) is 0 Å². The number of amides is 1. The van der Waals surface area contributed by atoms with Crippen LogP contribution in [0.5, 0.6) is 5.75 Å². The molecule has 0 aliphatic rings. The fourth-order valence-corrected chi connectivity index (χ4v) is 4.81. The van der Waals surface area contributed by atoms with Gasteiger partial charge in [0.05, 0.1) is 16.3 Å². The Bertz CT molecular complexity index is 1030. The number of aromatic nitrogens is 1. The van der Waals surface area contributed by atoms with Gasteiger partial charge in [-0.1, -0.05) is 31.3 Å². The first kappa shape index (κ1) is 26.1. The first-order valence-corrected chi connectivity index (χ1v) is 11.8. The Morgan fingerprint density at radius 3 is 2.31 bits per heavy atom. The van der Waals surface area contributed by atoms with Crippen molar-refractivity contribution >= 4 is 45.0 Å². The number of rotatable bonds is 9. The minimum absolute atomic E-state index is 0. The number of thiazole rings is 1. The van der Waals surface area contributed by atoms with E-state index >= 15 is 0 Å². The largest absolute Gasteiger partial charge is 0.491 e. The molecule has 2 aromatic carbocycles. The summed E-state index contributed by atoms with van der Waals surface area (Å²) in [5, 5.41) is 0.753. The summed E-state index contributed by atoms with van der Waals surface area (Å²) in [6, 6.07) is 11.7. The van der Waals surface area contributed by atoms with Gasteiger partial charge in [0, 0.05) is 18.7 Å². The summed E-state index contributed by atoms with van der Waals surface area (Å²) in [7, 11) is 0. The van der Waals surface area contributed by atoms with Crippen LogP contribution in [0.15, 0.2) is 36.4 Å². The summed E-state index contributed by atoms with van der Waals surface area (Å²) < 4.78 is 6.84. The average Bonchev–Trinajstić information content (AvgIpc) is 3.15. The van der Waals surface area contributed by atoms with Crippen LogP contribution in [0.2, 0.25) is 0 Å². The Morgan fingerprint density at radius 2 is 1.72 bits per heavy atom. The molecule has 0 radical (unpaired) electrons. The van der Waals surface area contributed by atoms with Gasteiger partial charge in [-0.05, 0) is 82.2 Å². The van der Waals surface area contributed by atoms with Crippen LogP contribution in [0.3, 0.4) is 0 Å². The van der Waals surface area contributed by atoms with Crippen molar-refractivity contribution in [2.75, 3.05) is 31.1 Å². The number of hydrogen-bond acceptors (Lipinski definition) is 5. The molecule has 0 bridgehead atoms. The van der Waals surface area contributed by atoms with Crippen molar-refractivity contribution in [1.29, 1.82) is 0 Å². The van der Waals surface area contributed by atoms with Crippen molar-refractivity contribution in [3.05, 3.63) is 53.1 Å². The smallest absolute Gasteiger partial charge is 0.260 e. The number of ether oxygens (including phenoxy) is 1. The van der Waals surface area contributed by atoms with Gasteiger partial charge in [0.1, 0.15) is 5.75 Å². The van der Waals surface area contributed by atoms with E-state index in [2.05, 4.69) is 44.7 Å². The summed E-state index contributed by atoms with van der Waals surface area (Å²) in [6.07, 6.45) is 0.0987. The molecular formula is C25H34ClN3O2S. The summed E-state index contributed by atoms with van der Waals surface area (Å²) >= 11 is 1.59. The van der Waals surface area contributed by atoms with Crippen LogP contribution in [0.1, 0.15) is 49.2 Å². The second kappa shape index (κ2) is 11.6. The van der Waals surface area contributed by atoms with Crippen LogP contribution in [0.4, 0.5) is 5.13 Å². The Hall–Kier alpha value is -2.15. The molecule has 7 heteroatoms. The molecule has 0 saturated carbocycles. The number of likely N-dealkylation sites (N-methyl/N-ethyl adjacent to an activating group) is 1. The maximum Gasteiger partial charge on any atom is 0.260 e. The number of halogens is 1. The van der Waals surface area contributed by atoms with Crippen molar-refractivity contribution < 1.29 is 9.53 Å². The van der Waals surface area contributed by atoms with E-state index in [0.29, 0.717) is 12.1 Å². The SMILES string of the molecule is CCN(CC)CCN(C(=O)c1ccc(OC(C)C)cc1)c1nc2c(C)cc(C)cc2s1.Cl. The molecule has 5 nitrogen and oxygen atoms in total. The van der Waals surface area contributed by atoms with Gasteiger partial charge in [-0.3, -0.25) is 9.69 Å². The molecule has 0 saturated heterocycles. The molecule has 0 spiro atoms. The number of fused-ring (bicyclic) bond motifs is 1. The van der Waals surface area contributed by atoms with Gasteiger partial charge in [-0.2, -0.15) is 0 Å². The first-order chi connectivity index (χ1) is 14.8. The molecule has 0 N–H and O–H groups in total. The molecular weight excluding hydrogens is 442 g/mol. The van der Waals surface area contributed by atoms with Crippen LogP contribution in [-0.4, -0.2) is 48.1 Å². The zero-order valence-electron chi connectivity index (χ0n) is 19.8. The fourth-order valence-electron chi connectivity index (χ4n) is 3.64. The van der Waals surface area contributed by atoms with Gasteiger partial charge in [-0.25, -0.2) is 4.98 Å². The molecule has 0 fully saturated rings. The molecule has 0 unspecified atom stereocenters. The second-order valence-electron chi connectivity index (χ2n) is 8.10. The summed E-state index contributed by atoms with van der Waals surface area (Å²) in [5.74, 6) is 0.740. The third kappa shape index (κ3) is 6.21. The van der Waals surface area contributed by atoms with Crippen LogP contribution >= 0.6 is 23.7 Å². The monoisotopic (exact) mass is 475 g/mol. The molecule has 0 aliphatic heterocycles. The maximum atomic E-state index is 13.5. The minimum atomic E-state index is -0.0308. The Kier molecular flexibility index (Phi) is 9.49. The number of benzene rings is 2. The third-order valence-corrected chi connectivity index (χ3v) is 6.33. The lowest BCUT2D eigenvalue weighted by Crippen LogP contribution is -2.38. The highest BCUT2D eigenvalue weighted by Gasteiger charge is 2.22. The third-order valence-electron chi connectivity index (χ3n) is 5.30. The van der Waals surface area contributed by atoms with Gasteiger partial charge in [0.2, 0.25) is 0 Å². The highest BCUT2D eigenvalue weighted by molar-refractivity contribution is 7.22. The first-order valence-electron chi connectivity index (χ1n) is 11.0. The predicted molar refractivity (Wildman–Crippen MR) is 138 cm³/mol. The Balaban J connectivity index is 0.00000363. The molecule has 3 rings (SSSR count). The van der Waals surface area contributed by atoms with Gasteiger partial charge < -0.3 is 9.64 Å². The van der Waals surface area contributed by atoms with E-state index in [9.17, 15) is 4.79 Å². The number of anilines is 1. The quantitative estimate of drug-likeness (QED) is 0.374. The molecule has 174 valence electrons. The highest BCUT2D eigenvalue weighted by Crippen LogP contribution is 2.32. The topological polar surface area (TPSA) is 45.7 Å². The number of nitrogens with zero attached hydrogens (tertiary/aromatic N) is 3. The van der Waals surface area contributed by atoms with Crippen LogP contribution in [-0.2, 0) is 0 Å². The van der Waals surface area contributed by atoms with Crippen LogP contribution < -0.4 is 9.64 Å². The Labute approximate surface area is 201 Å². The van der Waals surface area contributed by atoms with Crippen molar-refractivity contribution in [2.45, 2.75) is 47.6 Å². The molecule has 32 heavy (non-hydrogen) atoms. The molecule has 1 amide bonds. The van der Waals surface area contributed by atoms with E-state index < -0.39 is 0 Å². The van der Waals surface area contributed by atoms with E-state index in [1.54, 1.807) is 11.3 Å². The van der Waals surface area contributed by atoms with E-state index in [4.69, 9.17) is 9.72 Å². The van der Waals surface area contributed by atoms with E-state index in [1.165, 1.54) is 5.56 Å². The second-order valence-corrected chi connectivity index (χ2v) is 9.11. The highest BCUT2D eigenvalue weighted by atomic mass is 35.5. The number of carbonyl (C=O) groups excluding carboxylic acids is 1. The predicted octanol–water partition coefficient (Wildman–Crippen LogP) is 6.11. The van der Waals surface area contributed by atoms with Crippen molar-refractivity contribution in [3.8, 4) is 5.75 Å². The summed E-state index contributed by atoms with van der Waals surface area (Å²) in [5.41, 5.74) is 3.97. The van der Waals surface area contributed by atoms with E-state index in [0.717, 1.165) is 46.3 Å². The molecule has 0 aliphatic carbocycles. The normalized spacial score (nSPS) is 11.1. The summed E-state index contributed by atoms with van der Waals surface area (Å²) in [6.45, 7) is 15.8. The van der Waals surface area contributed by atoms with Crippen molar-refractivity contribution in [2.24, 2.45) is 0 Å². The zero-order valence-corrected chi connectivity index (χ0v) is 21.5. The van der Waals surface area contributed by atoms with E-state index in [1.807, 2.05) is 43.0 Å². The standard InChI is InChI=1S/C25H33N3O2S.ClH/c1-7-27(8-2)13-14-28(24(29)20-9-11-21(12-10-20)30-17(3)4)25-26-23-19(6)15-18(5)16-22(23)31-25;/h9-12,15-17H,7-8,13-14H2,1-6H3;1H. The van der Waals surface area contributed by atoms with Gasteiger partial charge in [0.25, 0.3) is 5.91 Å². The van der Waals surface area contributed by atoms with Gasteiger partial charge >= 0.3 is 0 Å². The van der Waals surface area contributed by atoms with Crippen LogP contribution in [0.25, 0.3) is 10.2 Å². The van der Waals surface area contributed by atoms with Crippen LogP contribution in [0, 0.1) is 13.8 Å². The molecule has 1 heterocycles. The number of carbonyl (C=O) groups is 1. The number of aryl methyl sites for hydroxylation is 2. The molecule has 3 aromatic rings. The summed E-state index contributed by atoms with van der Waals surface area (Å²) in [4.78, 5) is 22.5. The molecule has 1 aromatic heterocycles. The molecule has 0 atom stereocenters. The fraction of sp³-hybridized carbons (Fsp3) is 0.440. The minimum Gasteiger partial charge on any atom is -0.491 e. The van der Waals surface area contributed by atoms with Crippen molar-refractivity contribution in [1.82, 2.24) is 9.88 Å². The zero-order chi connectivity index (χ0) is 22.5. The van der Waals surface area contributed by atoms with Gasteiger partial charge in [0.15, 0.2) is 5.13 Å². The Morgan fingerprint density at radius 1 is 1.06 bits per heavy atom. The van der Waals surface area contributed by atoms with E-state index in [-0.39, 0.29) is 24.4 Å². The lowest BCUT2D eigenvalue weighted by Gasteiger charge is -2.25. The lowest BCUT2D eigenvalue weighted by molar-refractivity contribution is 0.0983. The number of hydrogen-bond donors (Lipinski definition) is 0. The van der Waals surface area contributed by atoms with Gasteiger partial charge in [-0.15, -0.1) is 12.4 Å². The lowest BCUT2D eigenvalue weighted by atomic mass is 10.1. The average molecular weight is 476 g/mol. The maximum absolute atomic E-state index is 13.5.